The SMILES string of the molecule is [O]C(I)(C(I)(I)I)C(I)(C(I)(I)I)C(I)(I)I. The predicted molar refractivity (Wildman–Crippen MR) is 169 cm³/mol. The van der Waals surface area contributed by atoms with Gasteiger partial charge in [0.05, 0.1) is 0 Å². The number of rotatable bonds is 4. The third-order valence-electron chi connectivity index (χ3n) is 1.59. The minimum absolute atomic E-state index is 0.180. The van der Waals surface area contributed by atoms with Gasteiger partial charge in [0, 0.05) is 0 Å². The molecular formula is C5I11O. The summed E-state index contributed by atoms with van der Waals surface area (Å²) in [6.45, 7) is 0. The van der Waals surface area contributed by atoms with Crippen LogP contribution in [0.5, 0.6) is 0 Å². The van der Waals surface area contributed by atoms with Crippen LogP contribution in [0.2, 0.25) is 0 Å². The second-order valence-electron chi connectivity index (χ2n) is 2.75. The van der Waals surface area contributed by atoms with E-state index in [0.29, 0.717) is 0 Å². The van der Waals surface area contributed by atoms with Crippen molar-refractivity contribution < 1.29 is 5.11 Å². The van der Waals surface area contributed by atoms with Crippen LogP contribution in [0.1, 0.15) is 0 Å². The van der Waals surface area contributed by atoms with Gasteiger partial charge >= 0.3 is 0 Å². The Balaban J connectivity index is 6.04. The molecule has 1 radical (unpaired) electrons. The van der Waals surface area contributed by atoms with Crippen molar-refractivity contribution in [3.05, 3.63) is 0 Å². The van der Waals surface area contributed by atoms with Crippen molar-refractivity contribution in [3.8, 4) is 0 Å². The molecular weight excluding hydrogens is 1470 g/mol. The fourth-order valence-electron chi connectivity index (χ4n) is 0.721. The zero-order valence-corrected chi connectivity index (χ0v) is 30.8. The summed E-state index contributed by atoms with van der Waals surface area (Å²) >= 11 is 25.5. The number of hydrogen-bond acceptors (Lipinski definition) is 0. The normalized spacial score (nSPS) is 19.1. The molecule has 1 unspecified atom stereocenters. The molecule has 0 amide bonds. The Hall–Kier alpha value is 7.99. The monoisotopic (exact) mass is 1470 g/mol. The molecule has 0 rings (SSSR count). The summed E-state index contributed by atoms with van der Waals surface area (Å²) in [5.74, 6) is 0. The zero-order chi connectivity index (χ0) is 14.5. The highest BCUT2D eigenvalue weighted by molar-refractivity contribution is 14.3. The topological polar surface area (TPSA) is 19.9 Å². The molecule has 0 aromatic rings. The van der Waals surface area contributed by atoms with E-state index in [1.54, 1.807) is 0 Å². The Morgan fingerprint density at radius 2 is 0.706 bits per heavy atom. The molecule has 0 spiro atoms. The van der Waals surface area contributed by atoms with Crippen LogP contribution in [-0.2, 0) is 5.11 Å². The van der Waals surface area contributed by atoms with Crippen LogP contribution in [-0.4, -0.2) is 5.34 Å². The Bertz CT molecular complexity index is 266. The summed E-state index contributed by atoms with van der Waals surface area (Å²) in [6.07, 6.45) is 0. The summed E-state index contributed by atoms with van der Waals surface area (Å²) < 4.78 is -2.33. The highest BCUT2D eigenvalue weighted by atomic mass is 127. The molecule has 0 aliphatic carbocycles. The maximum absolute atomic E-state index is 13.4. The largest absolute Gasteiger partial charge is 0.213 e. The van der Waals surface area contributed by atoms with E-state index < -0.39 is 6.46 Å². The molecule has 0 saturated heterocycles. The molecule has 0 aliphatic heterocycles. The fraction of sp³-hybridized carbons (Fsp3) is 1.00. The third kappa shape index (κ3) is 5.99. The summed E-state index contributed by atoms with van der Waals surface area (Å²) in [5.41, 5.74) is 0. The predicted octanol–water partition coefficient (Wildman–Crippen LogP) is 8.60. The first-order chi connectivity index (χ1) is 7.00. The molecule has 17 heavy (non-hydrogen) atoms. The second-order valence-corrected chi connectivity index (χ2v) is 39.0. The van der Waals surface area contributed by atoms with Gasteiger partial charge in [-0.1, -0.05) is 226 Å². The van der Waals surface area contributed by atoms with Gasteiger partial charge in [-0.3, -0.25) is 0 Å². The minimum atomic E-state index is -1.12. The number of alkyl halides is 11. The van der Waals surface area contributed by atoms with E-state index in [9.17, 15) is 5.11 Å². The third-order valence-corrected chi connectivity index (χ3v) is 23.0. The van der Waals surface area contributed by atoms with Crippen LogP contribution in [0.25, 0.3) is 0 Å². The van der Waals surface area contributed by atoms with E-state index in [4.69, 9.17) is 0 Å². The highest BCUT2D eigenvalue weighted by Gasteiger charge is 2.73. The standard InChI is InChI=1S/C5I11O/c6-1(3(8,9)10,4(11,12)13)2(7,17)5(14,15)16. The lowest BCUT2D eigenvalue weighted by Gasteiger charge is -2.51. The first-order valence-electron chi connectivity index (χ1n) is 3.28. The Morgan fingerprint density at radius 3 is 0.765 bits per heavy atom. The van der Waals surface area contributed by atoms with Crippen LogP contribution in [0.3, 0.4) is 0 Å². The van der Waals surface area contributed by atoms with E-state index in [2.05, 4.69) is 248 Å². The molecule has 12 heteroatoms. The molecule has 0 heterocycles. The molecule has 0 fully saturated rings. The highest BCUT2D eigenvalue weighted by Crippen LogP contribution is 2.73. The lowest BCUT2D eigenvalue weighted by molar-refractivity contribution is 0.0693. The Morgan fingerprint density at radius 1 is 0.471 bits per heavy atom. The lowest BCUT2D eigenvalue weighted by Crippen LogP contribution is -2.64. The molecule has 1 nitrogen and oxygen atoms in total. The van der Waals surface area contributed by atoms with Crippen molar-refractivity contribution in [2.45, 2.75) is 5.34 Å². The number of halogens is 11. The summed E-state index contributed by atoms with van der Waals surface area (Å²) in [4.78, 5) is 0. The smallest absolute Gasteiger partial charge is 0.206 e. The van der Waals surface area contributed by atoms with Gasteiger partial charge in [0.2, 0.25) is 3.61 Å². The molecule has 0 aromatic heterocycles. The lowest BCUT2D eigenvalue weighted by atomic mass is 10.1. The van der Waals surface area contributed by atoms with Crippen molar-refractivity contribution >= 4 is 248 Å². The number of hydrogen-bond donors (Lipinski definition) is 0. The van der Waals surface area contributed by atoms with Crippen LogP contribution in [0.4, 0.5) is 0 Å². The zero-order valence-electron chi connectivity index (χ0n) is 7.07. The molecule has 0 bridgehead atoms. The van der Waals surface area contributed by atoms with Crippen molar-refractivity contribution in [1.82, 2.24) is 0 Å². The first-order valence-corrected chi connectivity index (χ1v) is 15.1. The van der Waals surface area contributed by atoms with Gasteiger partial charge in [0.15, 0.2) is -0.565 Å². The summed E-state index contributed by atoms with van der Waals surface area (Å²) in [5, 5.41) is 13.4. The minimum Gasteiger partial charge on any atom is -0.213 e. The Labute approximate surface area is 251 Å². The van der Waals surface area contributed by atoms with E-state index in [0.717, 1.165) is 0 Å². The van der Waals surface area contributed by atoms with Crippen molar-refractivity contribution in [2.24, 2.45) is 0 Å². The maximum Gasteiger partial charge on any atom is 0.206 e. The van der Waals surface area contributed by atoms with Gasteiger partial charge in [-0.2, -0.15) is 0 Å². The first kappa shape index (κ1) is 25.0. The molecule has 103 valence electrons. The average molecular weight is 1470 g/mol. The van der Waals surface area contributed by atoms with E-state index >= 15 is 0 Å². The molecule has 1 atom stereocenters. The van der Waals surface area contributed by atoms with Crippen LogP contribution in [0, 0.1) is 0 Å². The second kappa shape index (κ2) is 8.79. The van der Waals surface area contributed by atoms with Gasteiger partial charge in [-0.25, -0.2) is 5.11 Å². The van der Waals surface area contributed by atoms with Crippen LogP contribution >= 0.6 is 248 Å². The van der Waals surface area contributed by atoms with Crippen LogP contribution in [0.15, 0.2) is 0 Å². The summed E-state index contributed by atoms with van der Waals surface area (Å²) in [6, 6.07) is 0. The van der Waals surface area contributed by atoms with Crippen LogP contribution < -0.4 is 0 Å². The van der Waals surface area contributed by atoms with Gasteiger partial charge in [-0.05, 0) is 22.6 Å². The van der Waals surface area contributed by atoms with E-state index in [1.165, 1.54) is 0 Å². The maximum atomic E-state index is 13.4. The van der Waals surface area contributed by atoms with Gasteiger partial charge < -0.3 is 0 Å². The van der Waals surface area contributed by atoms with Gasteiger partial charge in [-0.15, -0.1) is 0 Å². The average Bonchev–Trinajstić information content (AvgIpc) is 1.95. The van der Waals surface area contributed by atoms with Crippen molar-refractivity contribution in [1.29, 1.82) is 0 Å². The van der Waals surface area contributed by atoms with E-state index in [-0.39, 0.29) is -1.13 Å². The Kier molecular flexibility index (Phi) is 12.9. The molecule has 0 saturated carbocycles. The molecule has 0 aromatic carbocycles. The van der Waals surface area contributed by atoms with Crippen molar-refractivity contribution in [3.63, 3.8) is 0 Å². The quantitative estimate of drug-likeness (QED) is 0.199. The fourth-order valence-corrected chi connectivity index (χ4v) is 17.1. The van der Waals surface area contributed by atoms with Gasteiger partial charge in [0.25, 0.3) is 0 Å². The van der Waals surface area contributed by atoms with E-state index in [1.807, 2.05) is 0 Å². The summed E-state index contributed by atoms with van der Waals surface area (Å²) in [7, 11) is 0. The van der Waals surface area contributed by atoms with Crippen molar-refractivity contribution in [2.75, 3.05) is 0 Å². The molecule has 0 aliphatic rings. The van der Waals surface area contributed by atoms with Gasteiger partial charge in [0.1, 0.15) is 2.29 Å². The molecule has 0 N–H and O–H groups in total.